The standard InChI is InChI=1S/C11H22O2/c1-3-10(4-2)13-9-11-7-5-6-8-12-11/h10-11H,3-9H2,1-2H3. The highest BCUT2D eigenvalue weighted by atomic mass is 16.5. The molecule has 1 aliphatic heterocycles. The van der Waals surface area contributed by atoms with Crippen molar-refractivity contribution in [2.24, 2.45) is 0 Å². The Morgan fingerprint density at radius 2 is 2.08 bits per heavy atom. The first-order valence-electron chi connectivity index (χ1n) is 5.60. The quantitative estimate of drug-likeness (QED) is 0.657. The Morgan fingerprint density at radius 1 is 1.31 bits per heavy atom. The first-order valence-corrected chi connectivity index (χ1v) is 5.60. The lowest BCUT2D eigenvalue weighted by atomic mass is 10.1. The molecule has 0 spiro atoms. The van der Waals surface area contributed by atoms with Gasteiger partial charge >= 0.3 is 0 Å². The molecule has 0 bridgehead atoms. The van der Waals surface area contributed by atoms with Crippen molar-refractivity contribution in [3.05, 3.63) is 0 Å². The maximum Gasteiger partial charge on any atom is 0.0808 e. The molecule has 2 nitrogen and oxygen atoms in total. The third kappa shape index (κ3) is 4.10. The average Bonchev–Trinajstić information content (AvgIpc) is 2.21. The Kier molecular flexibility index (Phi) is 5.40. The highest BCUT2D eigenvalue weighted by Gasteiger charge is 2.15. The summed E-state index contributed by atoms with van der Waals surface area (Å²) in [4.78, 5) is 0. The minimum absolute atomic E-state index is 0.370. The third-order valence-electron chi connectivity index (χ3n) is 2.70. The van der Waals surface area contributed by atoms with Gasteiger partial charge in [-0.25, -0.2) is 0 Å². The maximum absolute atomic E-state index is 5.75. The van der Waals surface area contributed by atoms with E-state index in [0.29, 0.717) is 12.2 Å². The van der Waals surface area contributed by atoms with Crippen LogP contribution in [0.2, 0.25) is 0 Å². The van der Waals surface area contributed by atoms with Crippen LogP contribution in [0.25, 0.3) is 0 Å². The second-order valence-electron chi connectivity index (χ2n) is 3.76. The van der Waals surface area contributed by atoms with E-state index >= 15 is 0 Å². The van der Waals surface area contributed by atoms with Crippen molar-refractivity contribution in [1.29, 1.82) is 0 Å². The van der Waals surface area contributed by atoms with Crippen molar-refractivity contribution in [3.8, 4) is 0 Å². The first kappa shape index (κ1) is 11.0. The van der Waals surface area contributed by atoms with Crippen LogP contribution in [-0.4, -0.2) is 25.4 Å². The molecular formula is C11H22O2. The van der Waals surface area contributed by atoms with Crippen LogP contribution in [0, 0.1) is 0 Å². The van der Waals surface area contributed by atoms with Crippen LogP contribution in [-0.2, 0) is 9.47 Å². The van der Waals surface area contributed by atoms with Gasteiger partial charge in [-0.1, -0.05) is 13.8 Å². The van der Waals surface area contributed by atoms with Crippen molar-refractivity contribution in [3.63, 3.8) is 0 Å². The summed E-state index contributed by atoms with van der Waals surface area (Å²) >= 11 is 0. The molecular weight excluding hydrogens is 164 g/mol. The van der Waals surface area contributed by atoms with Crippen LogP contribution in [0.1, 0.15) is 46.0 Å². The molecule has 1 aliphatic rings. The topological polar surface area (TPSA) is 18.5 Å². The predicted octanol–water partition coefficient (Wildman–Crippen LogP) is 2.76. The lowest BCUT2D eigenvalue weighted by molar-refractivity contribution is -0.0641. The van der Waals surface area contributed by atoms with Gasteiger partial charge in [-0.2, -0.15) is 0 Å². The third-order valence-corrected chi connectivity index (χ3v) is 2.70. The molecule has 78 valence electrons. The summed E-state index contributed by atoms with van der Waals surface area (Å²) < 4.78 is 11.3. The molecule has 0 aromatic heterocycles. The van der Waals surface area contributed by atoms with Crippen molar-refractivity contribution in [1.82, 2.24) is 0 Å². The molecule has 0 aromatic rings. The Labute approximate surface area is 81.6 Å². The SMILES string of the molecule is CCC(CC)OCC1CCCCO1. The van der Waals surface area contributed by atoms with Gasteiger partial charge in [0, 0.05) is 6.61 Å². The zero-order valence-electron chi connectivity index (χ0n) is 8.92. The van der Waals surface area contributed by atoms with Gasteiger partial charge in [-0.15, -0.1) is 0 Å². The highest BCUT2D eigenvalue weighted by molar-refractivity contribution is 4.63. The smallest absolute Gasteiger partial charge is 0.0808 e. The number of ether oxygens (including phenoxy) is 2. The Balaban J connectivity index is 2.09. The molecule has 0 N–H and O–H groups in total. The van der Waals surface area contributed by atoms with Gasteiger partial charge in [0.15, 0.2) is 0 Å². The average molecular weight is 186 g/mol. The summed E-state index contributed by atoms with van der Waals surface area (Å²) in [6.07, 6.45) is 6.74. The molecule has 0 radical (unpaired) electrons. The van der Waals surface area contributed by atoms with E-state index in [9.17, 15) is 0 Å². The zero-order valence-corrected chi connectivity index (χ0v) is 8.92. The monoisotopic (exact) mass is 186 g/mol. The first-order chi connectivity index (χ1) is 6.36. The molecule has 1 fully saturated rings. The van der Waals surface area contributed by atoms with E-state index in [1.54, 1.807) is 0 Å². The molecule has 0 aliphatic carbocycles. The van der Waals surface area contributed by atoms with Gasteiger partial charge in [0.25, 0.3) is 0 Å². The fourth-order valence-electron chi connectivity index (χ4n) is 1.71. The molecule has 1 heterocycles. The maximum atomic E-state index is 5.75. The predicted molar refractivity (Wildman–Crippen MR) is 53.9 cm³/mol. The van der Waals surface area contributed by atoms with Crippen LogP contribution >= 0.6 is 0 Å². The fraction of sp³-hybridized carbons (Fsp3) is 1.00. The summed E-state index contributed by atoms with van der Waals surface area (Å²) in [7, 11) is 0. The van der Waals surface area contributed by atoms with Crippen LogP contribution in [0.3, 0.4) is 0 Å². The van der Waals surface area contributed by atoms with Crippen molar-refractivity contribution in [2.45, 2.75) is 58.2 Å². The van der Waals surface area contributed by atoms with Gasteiger partial charge in [0.1, 0.15) is 0 Å². The normalized spacial score (nSPS) is 23.8. The van der Waals surface area contributed by atoms with Crippen LogP contribution < -0.4 is 0 Å². The summed E-state index contributed by atoms with van der Waals surface area (Å²) in [6.45, 7) is 6.08. The molecule has 1 atom stereocenters. The van der Waals surface area contributed by atoms with Crippen LogP contribution in [0.5, 0.6) is 0 Å². The molecule has 1 unspecified atom stereocenters. The number of rotatable bonds is 5. The van der Waals surface area contributed by atoms with Gasteiger partial charge in [-0.05, 0) is 32.1 Å². The molecule has 13 heavy (non-hydrogen) atoms. The zero-order chi connectivity index (χ0) is 9.52. The molecule has 2 heteroatoms. The van der Waals surface area contributed by atoms with Crippen molar-refractivity contribution in [2.75, 3.05) is 13.2 Å². The van der Waals surface area contributed by atoms with Crippen LogP contribution in [0.15, 0.2) is 0 Å². The lowest BCUT2D eigenvalue weighted by Crippen LogP contribution is -2.27. The fourth-order valence-corrected chi connectivity index (χ4v) is 1.71. The van der Waals surface area contributed by atoms with Crippen LogP contribution in [0.4, 0.5) is 0 Å². The Hall–Kier alpha value is -0.0800. The van der Waals surface area contributed by atoms with E-state index in [0.717, 1.165) is 26.1 Å². The van der Waals surface area contributed by atoms with Gasteiger partial charge < -0.3 is 9.47 Å². The summed E-state index contributed by atoms with van der Waals surface area (Å²) in [6, 6.07) is 0. The van der Waals surface area contributed by atoms with E-state index in [-0.39, 0.29) is 0 Å². The Bertz CT molecular complexity index is 115. The molecule has 0 saturated carbocycles. The van der Waals surface area contributed by atoms with E-state index in [1.807, 2.05) is 0 Å². The van der Waals surface area contributed by atoms with Gasteiger partial charge in [-0.3, -0.25) is 0 Å². The highest BCUT2D eigenvalue weighted by Crippen LogP contribution is 2.14. The summed E-state index contributed by atoms with van der Waals surface area (Å²) in [5.74, 6) is 0. The molecule has 1 saturated heterocycles. The van der Waals surface area contributed by atoms with E-state index in [2.05, 4.69) is 13.8 Å². The minimum Gasteiger partial charge on any atom is -0.376 e. The second-order valence-corrected chi connectivity index (χ2v) is 3.76. The van der Waals surface area contributed by atoms with E-state index < -0.39 is 0 Å². The van der Waals surface area contributed by atoms with Crippen molar-refractivity contribution >= 4 is 0 Å². The van der Waals surface area contributed by atoms with Gasteiger partial charge in [0.2, 0.25) is 0 Å². The second kappa shape index (κ2) is 6.39. The van der Waals surface area contributed by atoms with E-state index in [1.165, 1.54) is 19.3 Å². The van der Waals surface area contributed by atoms with Gasteiger partial charge in [0.05, 0.1) is 18.8 Å². The van der Waals surface area contributed by atoms with Crippen molar-refractivity contribution < 1.29 is 9.47 Å². The number of hydrogen-bond donors (Lipinski definition) is 0. The molecule has 1 rings (SSSR count). The summed E-state index contributed by atoms with van der Waals surface area (Å²) in [5.41, 5.74) is 0. The largest absolute Gasteiger partial charge is 0.376 e. The Morgan fingerprint density at radius 3 is 2.62 bits per heavy atom. The van der Waals surface area contributed by atoms with E-state index in [4.69, 9.17) is 9.47 Å². The summed E-state index contributed by atoms with van der Waals surface area (Å²) in [5, 5.41) is 0. The molecule has 0 aromatic carbocycles. The lowest BCUT2D eigenvalue weighted by Gasteiger charge is -2.24. The number of hydrogen-bond acceptors (Lipinski definition) is 2. The molecule has 0 amide bonds. The minimum atomic E-state index is 0.370.